The zero-order valence-electron chi connectivity index (χ0n) is 8.75. The maximum absolute atomic E-state index is 3.72. The Labute approximate surface area is 99.7 Å². The first kappa shape index (κ1) is 10.9. The van der Waals surface area contributed by atoms with Crippen LogP contribution in [0.5, 0.6) is 0 Å². The van der Waals surface area contributed by atoms with E-state index in [0.29, 0.717) is 6.04 Å². The second-order valence-electron chi connectivity index (χ2n) is 4.03. The fourth-order valence-electron chi connectivity index (χ4n) is 1.87. The first-order valence-electron chi connectivity index (χ1n) is 5.41. The highest BCUT2D eigenvalue weighted by Gasteiger charge is 2.37. The first-order valence-corrected chi connectivity index (χ1v) is 6.20. The van der Waals surface area contributed by atoms with E-state index in [4.69, 9.17) is 0 Å². The van der Waals surface area contributed by atoms with Gasteiger partial charge in [0, 0.05) is 16.4 Å². The summed E-state index contributed by atoms with van der Waals surface area (Å²) in [4.78, 5) is 0. The van der Waals surface area contributed by atoms with E-state index in [-0.39, 0.29) is 0 Å². The predicted octanol–water partition coefficient (Wildman–Crippen LogP) is 3.47. The van der Waals surface area contributed by atoms with Crippen molar-refractivity contribution >= 4 is 15.9 Å². The zero-order valence-corrected chi connectivity index (χ0v) is 10.3. The largest absolute Gasteiger partial charge is 0.313 e. The van der Waals surface area contributed by atoms with Crippen LogP contribution in [0.15, 0.2) is 41.4 Å². The predicted molar refractivity (Wildman–Crippen MR) is 68.1 cm³/mol. The average Bonchev–Trinajstić information content (AvgIpc) is 2.99. The molecule has 0 bridgehead atoms. The molecule has 2 heteroatoms. The molecule has 80 valence electrons. The molecule has 0 amide bonds. The maximum Gasteiger partial charge on any atom is 0.0175 e. The molecule has 2 atom stereocenters. The Morgan fingerprint density at radius 1 is 1.40 bits per heavy atom. The Morgan fingerprint density at radius 3 is 2.80 bits per heavy atom. The van der Waals surface area contributed by atoms with Crippen molar-refractivity contribution < 1.29 is 0 Å². The molecule has 1 saturated carbocycles. The Bertz CT molecular complexity index is 331. The van der Waals surface area contributed by atoms with Crippen LogP contribution in [0.4, 0.5) is 0 Å². The van der Waals surface area contributed by atoms with Gasteiger partial charge in [0.15, 0.2) is 0 Å². The average molecular weight is 266 g/mol. The molecule has 0 saturated heterocycles. The lowest BCUT2D eigenvalue weighted by Crippen LogP contribution is -2.18. The van der Waals surface area contributed by atoms with Gasteiger partial charge in [0.25, 0.3) is 0 Å². The molecule has 1 aliphatic rings. The van der Waals surface area contributed by atoms with Gasteiger partial charge in [-0.05, 0) is 37.1 Å². The molecule has 1 aromatic carbocycles. The summed E-state index contributed by atoms with van der Waals surface area (Å²) >= 11 is 3.45. The molecule has 1 fully saturated rings. The van der Waals surface area contributed by atoms with Gasteiger partial charge in [0.2, 0.25) is 0 Å². The van der Waals surface area contributed by atoms with Crippen molar-refractivity contribution in [1.29, 1.82) is 0 Å². The summed E-state index contributed by atoms with van der Waals surface area (Å²) in [7, 11) is 0. The lowest BCUT2D eigenvalue weighted by Gasteiger charge is -2.02. The number of hydrogen-bond donors (Lipinski definition) is 1. The second-order valence-corrected chi connectivity index (χ2v) is 4.95. The highest BCUT2D eigenvalue weighted by Crippen LogP contribution is 2.40. The van der Waals surface area contributed by atoms with E-state index in [2.05, 4.69) is 52.1 Å². The third-order valence-electron chi connectivity index (χ3n) is 2.84. The first-order chi connectivity index (χ1) is 7.31. The van der Waals surface area contributed by atoms with E-state index in [1.54, 1.807) is 0 Å². The van der Waals surface area contributed by atoms with Crippen molar-refractivity contribution in [3.63, 3.8) is 0 Å². The maximum atomic E-state index is 3.72. The Balaban J connectivity index is 1.82. The van der Waals surface area contributed by atoms with Gasteiger partial charge in [0.05, 0.1) is 0 Å². The van der Waals surface area contributed by atoms with E-state index in [1.807, 2.05) is 6.08 Å². The molecule has 1 unspecified atom stereocenters. The van der Waals surface area contributed by atoms with Crippen LogP contribution < -0.4 is 5.32 Å². The molecule has 1 aliphatic carbocycles. The molecule has 0 aromatic heterocycles. The molecule has 0 spiro atoms. The number of nitrogens with one attached hydrogen (secondary N) is 1. The van der Waals surface area contributed by atoms with Gasteiger partial charge in [-0.3, -0.25) is 0 Å². The van der Waals surface area contributed by atoms with Crippen LogP contribution in [0.1, 0.15) is 24.3 Å². The van der Waals surface area contributed by atoms with Gasteiger partial charge >= 0.3 is 0 Å². The lowest BCUT2D eigenvalue weighted by atomic mass is 10.1. The summed E-state index contributed by atoms with van der Waals surface area (Å²) in [6, 6.07) is 9.35. The summed E-state index contributed by atoms with van der Waals surface area (Å²) in [6.07, 6.45) is 4.30. The number of halogens is 1. The molecule has 2 rings (SSSR count). The van der Waals surface area contributed by atoms with Crippen LogP contribution in [0, 0.1) is 0 Å². The standard InChI is InChI=1S/C13H16BrN/c1-2-3-8-15-13-9-12(13)10-4-6-11(14)7-5-10/h2,4-7,12-13,15H,1,3,8-9H2/t12-,13?/m0/s1. The van der Waals surface area contributed by atoms with Gasteiger partial charge in [-0.2, -0.15) is 0 Å². The third-order valence-corrected chi connectivity index (χ3v) is 3.37. The van der Waals surface area contributed by atoms with Crippen LogP contribution >= 0.6 is 15.9 Å². The summed E-state index contributed by atoms with van der Waals surface area (Å²) in [5.74, 6) is 0.725. The smallest absolute Gasteiger partial charge is 0.0175 e. The normalized spacial score (nSPS) is 23.8. The van der Waals surface area contributed by atoms with Crippen molar-refractivity contribution in [2.45, 2.75) is 24.8 Å². The molecule has 1 aromatic rings. The highest BCUT2D eigenvalue weighted by molar-refractivity contribution is 9.10. The highest BCUT2D eigenvalue weighted by atomic mass is 79.9. The Kier molecular flexibility index (Phi) is 3.60. The number of hydrogen-bond acceptors (Lipinski definition) is 1. The van der Waals surface area contributed by atoms with E-state index in [1.165, 1.54) is 12.0 Å². The monoisotopic (exact) mass is 265 g/mol. The SMILES string of the molecule is C=CCCNC1C[C@H]1c1ccc(Br)cc1. The minimum atomic E-state index is 0.686. The van der Waals surface area contributed by atoms with Crippen molar-refractivity contribution in [1.82, 2.24) is 5.32 Å². The molecular formula is C13H16BrN. The van der Waals surface area contributed by atoms with Crippen LogP contribution in [0.25, 0.3) is 0 Å². The van der Waals surface area contributed by atoms with E-state index in [0.717, 1.165) is 23.4 Å². The Morgan fingerprint density at radius 2 is 2.13 bits per heavy atom. The minimum Gasteiger partial charge on any atom is -0.313 e. The van der Waals surface area contributed by atoms with E-state index >= 15 is 0 Å². The third kappa shape index (κ3) is 2.93. The summed E-state index contributed by atoms with van der Waals surface area (Å²) < 4.78 is 1.16. The fourth-order valence-corrected chi connectivity index (χ4v) is 2.13. The fraction of sp³-hybridized carbons (Fsp3) is 0.385. The molecule has 1 nitrogen and oxygen atoms in total. The molecule has 1 N–H and O–H groups in total. The quantitative estimate of drug-likeness (QED) is 0.635. The van der Waals surface area contributed by atoms with Crippen molar-refractivity contribution in [2.24, 2.45) is 0 Å². The van der Waals surface area contributed by atoms with Crippen LogP contribution in [-0.4, -0.2) is 12.6 Å². The molecule has 0 heterocycles. The summed E-state index contributed by atoms with van der Waals surface area (Å²) in [5, 5.41) is 3.54. The summed E-state index contributed by atoms with van der Waals surface area (Å²) in [5.41, 5.74) is 1.45. The van der Waals surface area contributed by atoms with Gasteiger partial charge in [-0.1, -0.05) is 34.1 Å². The summed E-state index contributed by atoms with van der Waals surface area (Å²) in [6.45, 7) is 4.78. The van der Waals surface area contributed by atoms with Crippen molar-refractivity contribution in [3.8, 4) is 0 Å². The van der Waals surface area contributed by atoms with Crippen molar-refractivity contribution in [2.75, 3.05) is 6.54 Å². The van der Waals surface area contributed by atoms with Crippen molar-refractivity contribution in [3.05, 3.63) is 47.0 Å². The zero-order chi connectivity index (χ0) is 10.7. The topological polar surface area (TPSA) is 12.0 Å². The Hall–Kier alpha value is -0.600. The minimum absolute atomic E-state index is 0.686. The van der Waals surface area contributed by atoms with E-state index in [9.17, 15) is 0 Å². The van der Waals surface area contributed by atoms with Crippen LogP contribution in [0.3, 0.4) is 0 Å². The second kappa shape index (κ2) is 4.95. The van der Waals surface area contributed by atoms with Gasteiger partial charge in [-0.15, -0.1) is 6.58 Å². The van der Waals surface area contributed by atoms with Gasteiger partial charge in [-0.25, -0.2) is 0 Å². The van der Waals surface area contributed by atoms with E-state index < -0.39 is 0 Å². The van der Waals surface area contributed by atoms with Crippen LogP contribution in [-0.2, 0) is 0 Å². The lowest BCUT2D eigenvalue weighted by molar-refractivity contribution is 0.676. The molecule has 15 heavy (non-hydrogen) atoms. The number of benzene rings is 1. The molecule has 0 aliphatic heterocycles. The van der Waals surface area contributed by atoms with Crippen LogP contribution in [0.2, 0.25) is 0 Å². The molecule has 0 radical (unpaired) electrons. The van der Waals surface area contributed by atoms with Gasteiger partial charge < -0.3 is 5.32 Å². The van der Waals surface area contributed by atoms with Gasteiger partial charge in [0.1, 0.15) is 0 Å². The number of rotatable bonds is 5. The molecular weight excluding hydrogens is 250 g/mol.